The molecule has 1 aliphatic rings. The van der Waals surface area contributed by atoms with Gasteiger partial charge in [0.15, 0.2) is 0 Å². The van der Waals surface area contributed by atoms with Gasteiger partial charge < -0.3 is 9.64 Å². The molecule has 8 heteroatoms. The highest BCUT2D eigenvalue weighted by Crippen LogP contribution is 2.33. The van der Waals surface area contributed by atoms with Gasteiger partial charge in [-0.2, -0.15) is 0 Å². The van der Waals surface area contributed by atoms with Crippen molar-refractivity contribution in [2.45, 2.75) is 25.8 Å². The molecule has 1 amide bonds. The van der Waals surface area contributed by atoms with Crippen molar-refractivity contribution in [3.05, 3.63) is 94.6 Å². The fourth-order valence-electron chi connectivity index (χ4n) is 4.62. The minimum atomic E-state index is -0.203. The Hall–Kier alpha value is -3.84. The third-order valence-corrected chi connectivity index (χ3v) is 6.69. The van der Waals surface area contributed by atoms with Crippen LogP contribution in [0.1, 0.15) is 24.9 Å². The molecule has 1 atom stereocenters. The van der Waals surface area contributed by atoms with Crippen LogP contribution >= 0.6 is 11.6 Å². The first kappa shape index (κ1) is 22.9. The predicted molar refractivity (Wildman–Crippen MR) is 137 cm³/mol. The number of ether oxygens (including phenoxy) is 1. The van der Waals surface area contributed by atoms with Gasteiger partial charge in [-0.05, 0) is 60.9 Å². The third-order valence-electron chi connectivity index (χ3n) is 6.40. The molecule has 0 saturated carbocycles. The summed E-state index contributed by atoms with van der Waals surface area (Å²) in [4.78, 5) is 31.7. The van der Waals surface area contributed by atoms with E-state index in [9.17, 15) is 9.59 Å². The molecule has 0 radical (unpaired) electrons. The number of carbonyl (C=O) groups is 1. The molecule has 1 saturated heterocycles. The van der Waals surface area contributed by atoms with Crippen molar-refractivity contribution < 1.29 is 9.53 Å². The standard InChI is InChI=1S/C27H25ClN4O3/c1-3-18-6-5-7-21(14-18)35-25-9-8-19(15-22(25)28)31-24-16-29-12-10-23(24)32(27(31)34)20-11-13-30(17-20)26(33)4-2/h4-10,12,14-16,20H,2-3,11,13,17H2,1H3/t20-/m1/s1. The van der Waals surface area contributed by atoms with Crippen molar-refractivity contribution in [2.75, 3.05) is 13.1 Å². The monoisotopic (exact) mass is 488 g/mol. The molecular formula is C27H25ClN4O3. The van der Waals surface area contributed by atoms with E-state index in [0.29, 0.717) is 47.2 Å². The van der Waals surface area contributed by atoms with Crippen molar-refractivity contribution in [1.82, 2.24) is 19.0 Å². The summed E-state index contributed by atoms with van der Waals surface area (Å²) in [6.07, 6.45) is 6.24. The van der Waals surface area contributed by atoms with Crippen LogP contribution in [0.25, 0.3) is 16.7 Å². The zero-order valence-corrected chi connectivity index (χ0v) is 20.1. The first-order chi connectivity index (χ1) is 17.0. The fourth-order valence-corrected chi connectivity index (χ4v) is 4.83. The van der Waals surface area contributed by atoms with Gasteiger partial charge in [-0.15, -0.1) is 0 Å². The van der Waals surface area contributed by atoms with Crippen molar-refractivity contribution in [1.29, 1.82) is 0 Å². The number of aryl methyl sites for hydroxylation is 1. The van der Waals surface area contributed by atoms with Crippen LogP contribution in [0.5, 0.6) is 11.5 Å². The van der Waals surface area contributed by atoms with Crippen LogP contribution in [0, 0.1) is 0 Å². The van der Waals surface area contributed by atoms with E-state index < -0.39 is 0 Å². The third kappa shape index (κ3) is 4.23. The van der Waals surface area contributed by atoms with Gasteiger partial charge in [0.05, 0.1) is 34.0 Å². The number of benzene rings is 2. The summed E-state index contributed by atoms with van der Waals surface area (Å²) in [6, 6.07) is 14.8. The van der Waals surface area contributed by atoms with E-state index >= 15 is 0 Å². The summed E-state index contributed by atoms with van der Waals surface area (Å²) in [5, 5.41) is 0.393. The number of likely N-dealkylation sites (tertiary alicyclic amines) is 1. The average Bonchev–Trinajstić information content (AvgIpc) is 3.47. The Morgan fingerprint density at radius 1 is 1.23 bits per heavy atom. The summed E-state index contributed by atoms with van der Waals surface area (Å²) in [7, 11) is 0. The van der Waals surface area contributed by atoms with Gasteiger partial charge in [-0.3, -0.25) is 18.9 Å². The van der Waals surface area contributed by atoms with E-state index in [1.54, 1.807) is 38.6 Å². The molecule has 178 valence electrons. The molecule has 0 N–H and O–H groups in total. The second-order valence-electron chi connectivity index (χ2n) is 8.50. The van der Waals surface area contributed by atoms with Crippen LogP contribution in [0.2, 0.25) is 5.02 Å². The zero-order valence-electron chi connectivity index (χ0n) is 19.4. The Labute approximate surface area is 207 Å². The largest absolute Gasteiger partial charge is 0.456 e. The topological polar surface area (TPSA) is 69.4 Å². The number of nitrogens with zero attached hydrogens (tertiary/aromatic N) is 4. The van der Waals surface area contributed by atoms with Gasteiger partial charge in [-0.25, -0.2) is 4.79 Å². The summed E-state index contributed by atoms with van der Waals surface area (Å²) in [6.45, 7) is 6.69. The molecule has 0 aliphatic carbocycles. The van der Waals surface area contributed by atoms with Crippen molar-refractivity contribution in [3.8, 4) is 17.2 Å². The number of aromatic nitrogens is 3. The van der Waals surface area contributed by atoms with E-state index in [1.165, 1.54) is 11.6 Å². The van der Waals surface area contributed by atoms with Gasteiger partial charge in [0.1, 0.15) is 11.5 Å². The van der Waals surface area contributed by atoms with Gasteiger partial charge in [0.25, 0.3) is 0 Å². The molecule has 0 unspecified atom stereocenters. The first-order valence-corrected chi connectivity index (χ1v) is 11.9. The van der Waals surface area contributed by atoms with Gasteiger partial charge in [0.2, 0.25) is 5.91 Å². The minimum Gasteiger partial charge on any atom is -0.456 e. The number of amides is 1. The number of imidazole rings is 1. The number of hydrogen-bond acceptors (Lipinski definition) is 4. The Kier molecular flexibility index (Phi) is 6.17. The Morgan fingerprint density at radius 3 is 2.86 bits per heavy atom. The minimum absolute atomic E-state index is 0.127. The summed E-state index contributed by atoms with van der Waals surface area (Å²) >= 11 is 6.59. The normalized spacial score (nSPS) is 15.5. The van der Waals surface area contributed by atoms with E-state index in [4.69, 9.17) is 16.3 Å². The molecule has 7 nitrogen and oxygen atoms in total. The maximum absolute atomic E-state index is 13.7. The van der Waals surface area contributed by atoms with E-state index in [2.05, 4.69) is 18.5 Å². The fraction of sp³-hybridized carbons (Fsp3) is 0.222. The zero-order chi connectivity index (χ0) is 24.5. The SMILES string of the molecule is C=CC(=O)N1CC[C@@H](n2c(=O)n(-c3ccc(Oc4cccc(CC)c4)c(Cl)c3)c3cnccc32)C1. The molecule has 5 rings (SSSR count). The summed E-state index contributed by atoms with van der Waals surface area (Å²) in [5.74, 6) is 1.09. The highest BCUT2D eigenvalue weighted by molar-refractivity contribution is 6.32. The number of fused-ring (bicyclic) bond motifs is 1. The molecule has 4 aromatic rings. The van der Waals surface area contributed by atoms with Crippen molar-refractivity contribution in [3.63, 3.8) is 0 Å². The van der Waals surface area contributed by atoms with Crippen LogP contribution in [-0.4, -0.2) is 38.0 Å². The van der Waals surface area contributed by atoms with E-state index in [1.807, 2.05) is 36.4 Å². The molecular weight excluding hydrogens is 464 g/mol. The van der Waals surface area contributed by atoms with Crippen LogP contribution < -0.4 is 10.4 Å². The number of halogens is 1. The smallest absolute Gasteiger partial charge is 0.334 e. The van der Waals surface area contributed by atoms with Crippen molar-refractivity contribution in [2.24, 2.45) is 0 Å². The second-order valence-corrected chi connectivity index (χ2v) is 8.91. The second kappa shape index (κ2) is 9.43. The molecule has 1 fully saturated rings. The lowest BCUT2D eigenvalue weighted by molar-refractivity contribution is -0.125. The molecule has 3 heterocycles. The number of rotatable bonds is 6. The predicted octanol–water partition coefficient (Wildman–Crippen LogP) is 5.15. The Morgan fingerprint density at radius 2 is 2.09 bits per heavy atom. The number of hydrogen-bond donors (Lipinski definition) is 0. The van der Waals surface area contributed by atoms with Crippen LogP contribution in [-0.2, 0) is 11.2 Å². The van der Waals surface area contributed by atoms with Crippen LogP contribution in [0.4, 0.5) is 0 Å². The maximum Gasteiger partial charge on any atom is 0.334 e. The Balaban J connectivity index is 1.52. The summed E-state index contributed by atoms with van der Waals surface area (Å²) in [5.41, 5.74) is 3.01. The van der Waals surface area contributed by atoms with Crippen molar-refractivity contribution >= 4 is 28.5 Å². The van der Waals surface area contributed by atoms with Gasteiger partial charge >= 0.3 is 5.69 Å². The lowest BCUT2D eigenvalue weighted by Crippen LogP contribution is -2.31. The molecule has 35 heavy (non-hydrogen) atoms. The first-order valence-electron chi connectivity index (χ1n) is 11.5. The lowest BCUT2D eigenvalue weighted by atomic mass is 10.2. The van der Waals surface area contributed by atoms with E-state index in [-0.39, 0.29) is 17.6 Å². The van der Waals surface area contributed by atoms with Crippen LogP contribution in [0.3, 0.4) is 0 Å². The molecule has 2 aromatic carbocycles. The van der Waals surface area contributed by atoms with Gasteiger partial charge in [-0.1, -0.05) is 37.2 Å². The quantitative estimate of drug-likeness (QED) is 0.352. The molecule has 1 aliphatic heterocycles. The number of carbonyl (C=O) groups excluding carboxylic acids is 1. The molecule has 0 bridgehead atoms. The Bertz CT molecular complexity index is 1490. The van der Waals surface area contributed by atoms with Crippen LogP contribution in [0.15, 0.2) is 78.4 Å². The highest BCUT2D eigenvalue weighted by Gasteiger charge is 2.30. The summed E-state index contributed by atoms with van der Waals surface area (Å²) < 4.78 is 9.37. The average molecular weight is 489 g/mol. The lowest BCUT2D eigenvalue weighted by Gasteiger charge is -2.15. The highest BCUT2D eigenvalue weighted by atomic mass is 35.5. The molecule has 0 spiro atoms. The van der Waals surface area contributed by atoms with E-state index in [0.717, 1.165) is 11.9 Å². The maximum atomic E-state index is 13.7. The van der Waals surface area contributed by atoms with Gasteiger partial charge in [0, 0.05) is 19.3 Å². The molecule has 2 aromatic heterocycles. The number of pyridine rings is 1.